The Labute approximate surface area is 263 Å². The molecule has 0 aromatic rings. The molecule has 3 atom stereocenters. The number of Topliss-reactive ketones (excluding diaryl/α,β-unsaturated/α-hetero) is 1. The Balaban J connectivity index is 1.36. The minimum absolute atomic E-state index is 0.0570. The van der Waals surface area contributed by atoms with Gasteiger partial charge in [-0.05, 0) is 131 Å². The number of hydrogen-bond acceptors (Lipinski definition) is 2. The van der Waals surface area contributed by atoms with Crippen molar-refractivity contribution in [1.82, 2.24) is 0 Å². The Morgan fingerprint density at radius 1 is 0.705 bits per heavy atom. The Morgan fingerprint density at radius 3 is 1.89 bits per heavy atom. The third-order valence-electron chi connectivity index (χ3n) is 11.0. The van der Waals surface area contributed by atoms with Gasteiger partial charge in [-0.3, -0.25) is 4.79 Å². The van der Waals surface area contributed by atoms with E-state index < -0.39 is 11.2 Å². The summed E-state index contributed by atoms with van der Waals surface area (Å²) >= 11 is 0. The lowest BCUT2D eigenvalue weighted by Crippen LogP contribution is -2.34. The van der Waals surface area contributed by atoms with Gasteiger partial charge >= 0.3 is 0 Å². The summed E-state index contributed by atoms with van der Waals surface area (Å²) in [4.78, 5) is 14.9. The van der Waals surface area contributed by atoms with Gasteiger partial charge in [-0.15, -0.1) is 0 Å². The Morgan fingerprint density at radius 2 is 1.27 bits per heavy atom. The number of ether oxygens (including phenoxy) is 1. The first-order chi connectivity index (χ1) is 20.8. The van der Waals surface area contributed by atoms with Gasteiger partial charge in [0, 0.05) is 11.5 Å². The summed E-state index contributed by atoms with van der Waals surface area (Å²) in [6, 6.07) is 18.2. The number of allylic oxidation sites excluding steroid dienone is 2. The van der Waals surface area contributed by atoms with Gasteiger partial charge in [-0.1, -0.05) is 94.5 Å². The number of carbonyl (C=O) groups is 1. The molecule has 1 saturated heterocycles. The van der Waals surface area contributed by atoms with Crippen LogP contribution in [0.1, 0.15) is 104 Å². The smallest absolute Gasteiger partial charge is 0.203 e. The highest BCUT2D eigenvalue weighted by molar-refractivity contribution is 6.34. The van der Waals surface area contributed by atoms with E-state index in [1.165, 1.54) is 61.2 Å². The molecule has 0 N–H and O–H groups in total. The maximum Gasteiger partial charge on any atom is 0.203 e. The van der Waals surface area contributed by atoms with Crippen molar-refractivity contribution in [3.05, 3.63) is 122 Å². The minimum atomic E-state index is -0.975. The van der Waals surface area contributed by atoms with E-state index in [0.29, 0.717) is 11.8 Å². The van der Waals surface area contributed by atoms with Gasteiger partial charge in [0.1, 0.15) is 5.60 Å². The Hall–Kier alpha value is -3.75. The predicted octanol–water partition coefficient (Wildman–Crippen LogP) is 10.5. The van der Waals surface area contributed by atoms with Crippen molar-refractivity contribution in [2.75, 3.05) is 0 Å². The summed E-state index contributed by atoms with van der Waals surface area (Å²) < 4.78 is 6.85. The number of carbonyl (C=O) groups excluding carboxylic acids is 1. The van der Waals surface area contributed by atoms with Crippen molar-refractivity contribution in [2.45, 2.75) is 98.2 Å². The van der Waals surface area contributed by atoms with Crippen LogP contribution < -0.4 is 0 Å². The van der Waals surface area contributed by atoms with Crippen molar-refractivity contribution < 1.29 is 9.53 Å². The van der Waals surface area contributed by atoms with E-state index in [1.807, 2.05) is 0 Å². The summed E-state index contributed by atoms with van der Waals surface area (Å²) in [5.41, 5.74) is 16.1. The predicted molar refractivity (Wildman–Crippen MR) is 183 cm³/mol. The lowest BCUT2D eigenvalue weighted by molar-refractivity contribution is -0.116. The number of fused-ring (bicyclic) bond motifs is 2. The minimum Gasteiger partial charge on any atom is -0.348 e. The molecule has 1 spiro atoms. The maximum absolute atomic E-state index is 14.9. The van der Waals surface area contributed by atoms with E-state index in [9.17, 15) is 4.79 Å². The Bertz CT molecular complexity index is 1930. The summed E-state index contributed by atoms with van der Waals surface area (Å²) in [6.07, 6.45) is 6.58. The largest absolute Gasteiger partial charge is 0.348 e. The average molecular weight is 581 g/mol. The molecule has 0 saturated carbocycles. The highest BCUT2D eigenvalue weighted by Gasteiger charge is 2.79. The van der Waals surface area contributed by atoms with E-state index in [2.05, 4.69) is 136 Å². The van der Waals surface area contributed by atoms with Crippen molar-refractivity contribution in [2.24, 2.45) is 0 Å². The van der Waals surface area contributed by atoms with Gasteiger partial charge < -0.3 is 4.74 Å². The second-order valence-electron chi connectivity index (χ2n) is 14.4. The van der Waals surface area contributed by atoms with Crippen LogP contribution in [0, 0.1) is 27.7 Å². The summed E-state index contributed by atoms with van der Waals surface area (Å²) in [5.74, 6) is 0.923. The first-order valence-electron chi connectivity index (χ1n) is 16.2. The van der Waals surface area contributed by atoms with E-state index in [0.717, 1.165) is 22.3 Å². The normalized spacial score (nSPS) is 24.4. The standard InChI is InChI=1S/C42H44O2/c1-22(2)29-16-14-24(5)37-31(20-29)26(7)18-33(37)36-13-11-12-35-28(9)39(40(43)42(35)41(36,10)44-42)34-19-27(8)32-21-30(23(3)4)17-15-25(6)38(32)34/h11-23,36H,1-10H3/t36-,41+,42-/m1/s1. The highest BCUT2D eigenvalue weighted by Crippen LogP contribution is 2.68. The van der Waals surface area contributed by atoms with Crippen molar-refractivity contribution >= 4 is 11.4 Å². The van der Waals surface area contributed by atoms with E-state index >= 15 is 0 Å². The van der Waals surface area contributed by atoms with Gasteiger partial charge in [0.05, 0.1) is 0 Å². The molecular weight excluding hydrogens is 536 g/mol. The molecule has 2 heteroatoms. The van der Waals surface area contributed by atoms with Crippen LogP contribution in [0.3, 0.4) is 0 Å². The molecule has 7 rings (SSSR count). The maximum atomic E-state index is 14.9. The molecule has 224 valence electrons. The number of aryl methyl sites for hydroxylation is 4. The molecule has 1 heterocycles. The zero-order valence-corrected chi connectivity index (χ0v) is 27.9. The number of ketones is 1. The van der Waals surface area contributed by atoms with Crippen molar-refractivity contribution in [3.8, 4) is 22.3 Å². The fourth-order valence-electron chi connectivity index (χ4n) is 8.33. The fourth-order valence-corrected chi connectivity index (χ4v) is 8.33. The van der Waals surface area contributed by atoms with Gasteiger partial charge in [0.15, 0.2) is 5.60 Å². The molecule has 6 aliphatic carbocycles. The first-order valence-corrected chi connectivity index (χ1v) is 16.2. The van der Waals surface area contributed by atoms with Crippen LogP contribution in [0.25, 0.3) is 27.8 Å². The van der Waals surface area contributed by atoms with Crippen LogP contribution in [0.4, 0.5) is 0 Å². The molecule has 0 aromatic carbocycles. The zero-order chi connectivity index (χ0) is 31.5. The second-order valence-corrected chi connectivity index (χ2v) is 14.4. The average Bonchev–Trinajstić information content (AvgIpc) is 3.41. The summed E-state index contributed by atoms with van der Waals surface area (Å²) in [5, 5.41) is 0. The van der Waals surface area contributed by atoms with Gasteiger partial charge in [-0.2, -0.15) is 0 Å². The van der Waals surface area contributed by atoms with Crippen LogP contribution in [0.2, 0.25) is 0 Å². The third-order valence-corrected chi connectivity index (χ3v) is 11.0. The molecule has 0 radical (unpaired) electrons. The molecular formula is C42H44O2. The van der Waals surface area contributed by atoms with Crippen LogP contribution in [-0.4, -0.2) is 17.0 Å². The molecule has 0 bridgehead atoms. The van der Waals surface area contributed by atoms with E-state index in [-0.39, 0.29) is 11.7 Å². The number of hydrogen-bond donors (Lipinski definition) is 0. The second kappa shape index (κ2) is 9.62. The highest BCUT2D eigenvalue weighted by atomic mass is 16.6. The first kappa shape index (κ1) is 29.0. The summed E-state index contributed by atoms with van der Waals surface area (Å²) in [6.45, 7) is 22.0. The summed E-state index contributed by atoms with van der Waals surface area (Å²) in [7, 11) is 0. The zero-order valence-electron chi connectivity index (χ0n) is 27.9. The monoisotopic (exact) mass is 580 g/mol. The van der Waals surface area contributed by atoms with Gasteiger partial charge in [0.25, 0.3) is 0 Å². The topological polar surface area (TPSA) is 29.6 Å². The SMILES string of the molecule is CC1=C(c2cc(C)c3cc(C(C)C)ccc(C)c2-3)C(=O)[C@@]23O[C@@]2(C)[C@@H](c2cc(C)c4cc(C(C)C)ccc(C)c2-4)C=CC=C13. The molecule has 1 fully saturated rings. The molecule has 0 unspecified atom stereocenters. The van der Waals surface area contributed by atoms with Crippen molar-refractivity contribution in [3.63, 3.8) is 0 Å². The molecule has 2 nitrogen and oxygen atoms in total. The van der Waals surface area contributed by atoms with Gasteiger partial charge in [0.2, 0.25) is 5.78 Å². The number of epoxide rings is 1. The van der Waals surface area contributed by atoms with Crippen LogP contribution in [0.15, 0.2) is 77.9 Å². The van der Waals surface area contributed by atoms with Crippen LogP contribution >= 0.6 is 0 Å². The molecule has 44 heavy (non-hydrogen) atoms. The Kier molecular flexibility index (Phi) is 6.34. The molecule has 0 amide bonds. The molecule has 0 aromatic heterocycles. The van der Waals surface area contributed by atoms with Crippen LogP contribution in [0.5, 0.6) is 0 Å². The lowest BCUT2D eigenvalue weighted by atomic mass is 9.75. The van der Waals surface area contributed by atoms with E-state index in [4.69, 9.17) is 4.74 Å². The van der Waals surface area contributed by atoms with E-state index in [1.54, 1.807) is 0 Å². The quantitative estimate of drug-likeness (QED) is 0.225. The lowest BCUT2D eigenvalue weighted by Gasteiger charge is -2.21. The third kappa shape index (κ3) is 3.73. The van der Waals surface area contributed by atoms with Crippen LogP contribution in [-0.2, 0) is 9.53 Å². The van der Waals surface area contributed by atoms with Gasteiger partial charge in [-0.25, -0.2) is 0 Å². The number of rotatable bonds is 4. The van der Waals surface area contributed by atoms with Crippen molar-refractivity contribution in [1.29, 1.82) is 0 Å². The molecule has 7 aliphatic rings. The molecule has 1 aliphatic heterocycles. The fraction of sp³-hybridized carbons (Fsp3) is 0.357.